The van der Waals surface area contributed by atoms with E-state index in [0.717, 1.165) is 37.2 Å². The van der Waals surface area contributed by atoms with Crippen molar-refractivity contribution in [3.05, 3.63) is 59.7 Å². The molecule has 1 N–H and O–H groups in total. The molecule has 0 aliphatic carbocycles. The molecule has 3 aromatic rings. The Balaban J connectivity index is 1.29. The first kappa shape index (κ1) is 18.6. The summed E-state index contributed by atoms with van der Waals surface area (Å²) in [5.41, 5.74) is 1.60. The zero-order valence-corrected chi connectivity index (χ0v) is 16.0. The number of nitrogens with one attached hydrogen (secondary N) is 1. The molecule has 7 nitrogen and oxygen atoms in total. The van der Waals surface area contributed by atoms with Crippen LogP contribution < -0.4 is 5.32 Å². The van der Waals surface area contributed by atoms with Crippen LogP contribution in [0.2, 0.25) is 5.02 Å². The van der Waals surface area contributed by atoms with Crippen LogP contribution >= 0.6 is 11.6 Å². The number of aromatic nitrogens is 3. The Labute approximate surface area is 167 Å². The quantitative estimate of drug-likeness (QED) is 0.707. The van der Waals surface area contributed by atoms with Crippen LogP contribution in [0.5, 0.6) is 0 Å². The van der Waals surface area contributed by atoms with Crippen molar-refractivity contribution in [2.45, 2.75) is 19.4 Å². The smallest absolute Gasteiger partial charge is 0.241 e. The number of halogens is 1. The lowest BCUT2D eigenvalue weighted by atomic mass is 9.96. The van der Waals surface area contributed by atoms with E-state index in [1.54, 1.807) is 30.6 Å². The lowest BCUT2D eigenvalue weighted by Crippen LogP contribution is -2.37. The second kappa shape index (κ2) is 8.50. The molecule has 0 radical (unpaired) electrons. The van der Waals surface area contributed by atoms with Crippen molar-refractivity contribution < 1.29 is 9.32 Å². The lowest BCUT2D eigenvalue weighted by molar-refractivity contribution is -0.121. The number of amides is 1. The molecule has 0 bridgehead atoms. The molecule has 1 fully saturated rings. The number of likely N-dealkylation sites (tertiary alicyclic amines) is 1. The van der Waals surface area contributed by atoms with Crippen molar-refractivity contribution in [2.75, 3.05) is 18.4 Å². The van der Waals surface area contributed by atoms with Gasteiger partial charge in [-0.2, -0.15) is 4.98 Å². The van der Waals surface area contributed by atoms with E-state index < -0.39 is 0 Å². The van der Waals surface area contributed by atoms with Gasteiger partial charge < -0.3 is 9.84 Å². The molecule has 2 aromatic heterocycles. The average molecular weight is 398 g/mol. The predicted molar refractivity (Wildman–Crippen MR) is 106 cm³/mol. The summed E-state index contributed by atoms with van der Waals surface area (Å²) in [6.45, 7) is 2.20. The van der Waals surface area contributed by atoms with E-state index in [-0.39, 0.29) is 11.8 Å². The molecule has 0 atom stereocenters. The Kier molecular flexibility index (Phi) is 5.64. The first-order valence-electron chi connectivity index (χ1n) is 9.19. The van der Waals surface area contributed by atoms with Gasteiger partial charge in [0.05, 0.1) is 18.4 Å². The number of carbonyl (C=O) groups excluding carboxylic acids is 1. The maximum Gasteiger partial charge on any atom is 0.241 e. The molecule has 144 valence electrons. The molecular weight excluding hydrogens is 378 g/mol. The molecule has 0 unspecified atom stereocenters. The molecule has 1 amide bonds. The third-order valence-corrected chi connectivity index (χ3v) is 5.07. The van der Waals surface area contributed by atoms with E-state index in [2.05, 4.69) is 25.3 Å². The highest BCUT2D eigenvalue weighted by Crippen LogP contribution is 2.22. The highest BCUT2D eigenvalue weighted by atomic mass is 35.5. The largest absolute Gasteiger partial charge is 0.338 e. The van der Waals surface area contributed by atoms with E-state index in [1.165, 1.54) is 0 Å². The fraction of sp³-hybridized carbons (Fsp3) is 0.300. The van der Waals surface area contributed by atoms with Gasteiger partial charge in [-0.15, -0.1) is 0 Å². The molecule has 1 aromatic carbocycles. The molecule has 4 rings (SSSR count). The van der Waals surface area contributed by atoms with Crippen molar-refractivity contribution in [3.8, 4) is 11.4 Å². The second-order valence-corrected chi connectivity index (χ2v) is 7.24. The molecule has 28 heavy (non-hydrogen) atoms. The van der Waals surface area contributed by atoms with Crippen molar-refractivity contribution in [1.82, 2.24) is 20.0 Å². The third-order valence-electron chi connectivity index (χ3n) is 4.82. The average Bonchev–Trinajstić information content (AvgIpc) is 3.18. The van der Waals surface area contributed by atoms with E-state index in [1.807, 2.05) is 18.2 Å². The molecule has 1 saturated heterocycles. The van der Waals surface area contributed by atoms with Crippen LogP contribution in [0.25, 0.3) is 11.4 Å². The Morgan fingerprint density at radius 2 is 2.00 bits per heavy atom. The Bertz CT molecular complexity index is 921. The first-order chi connectivity index (χ1) is 13.7. The summed E-state index contributed by atoms with van der Waals surface area (Å²) in [6, 6.07) is 11.0. The minimum absolute atomic E-state index is 0.00349. The molecule has 8 heteroatoms. The van der Waals surface area contributed by atoms with Gasteiger partial charge in [0.1, 0.15) is 0 Å². The zero-order chi connectivity index (χ0) is 19.3. The van der Waals surface area contributed by atoms with Crippen molar-refractivity contribution in [2.24, 2.45) is 5.92 Å². The summed E-state index contributed by atoms with van der Waals surface area (Å²) < 4.78 is 5.38. The number of hydrogen-bond acceptors (Lipinski definition) is 6. The Hall–Kier alpha value is -2.77. The van der Waals surface area contributed by atoms with Crippen LogP contribution in [0.4, 0.5) is 5.69 Å². The zero-order valence-electron chi connectivity index (χ0n) is 15.2. The number of anilines is 1. The van der Waals surface area contributed by atoms with Crippen LogP contribution in [-0.2, 0) is 11.3 Å². The van der Waals surface area contributed by atoms with Gasteiger partial charge in [-0.1, -0.05) is 16.8 Å². The van der Waals surface area contributed by atoms with Crippen LogP contribution in [0.1, 0.15) is 18.7 Å². The number of hydrogen-bond donors (Lipinski definition) is 1. The third kappa shape index (κ3) is 4.55. The number of benzene rings is 1. The summed E-state index contributed by atoms with van der Waals surface area (Å²) in [5.74, 6) is 1.18. The summed E-state index contributed by atoms with van der Waals surface area (Å²) in [4.78, 5) is 23.1. The fourth-order valence-electron chi connectivity index (χ4n) is 3.26. The van der Waals surface area contributed by atoms with Gasteiger partial charge in [0.2, 0.25) is 17.6 Å². The Morgan fingerprint density at radius 1 is 1.21 bits per heavy atom. The topological polar surface area (TPSA) is 84.2 Å². The van der Waals surface area contributed by atoms with Gasteiger partial charge in [0.25, 0.3) is 0 Å². The summed E-state index contributed by atoms with van der Waals surface area (Å²) in [6.07, 6.45) is 4.93. The number of piperidine rings is 1. The van der Waals surface area contributed by atoms with E-state index in [9.17, 15) is 4.79 Å². The number of pyridine rings is 1. The summed E-state index contributed by atoms with van der Waals surface area (Å²) >= 11 is 5.91. The number of carbonyl (C=O) groups is 1. The van der Waals surface area contributed by atoms with Crippen molar-refractivity contribution in [1.29, 1.82) is 0 Å². The molecule has 1 aliphatic heterocycles. The molecule has 1 aliphatic rings. The lowest BCUT2D eigenvalue weighted by Gasteiger charge is -2.30. The first-order valence-corrected chi connectivity index (χ1v) is 9.57. The summed E-state index contributed by atoms with van der Waals surface area (Å²) in [5, 5.41) is 7.65. The molecule has 0 saturated carbocycles. The molecule has 0 spiro atoms. The maximum atomic E-state index is 12.4. The minimum Gasteiger partial charge on any atom is -0.338 e. The van der Waals surface area contributed by atoms with Gasteiger partial charge in [-0.05, 0) is 62.3 Å². The SMILES string of the molecule is O=C(Nc1cccnc1)C1CCN(Cc2nc(-c3ccc(Cl)cc3)no2)CC1. The van der Waals surface area contributed by atoms with E-state index >= 15 is 0 Å². The predicted octanol–water partition coefficient (Wildman–Crippen LogP) is 3.64. The minimum atomic E-state index is 0.00349. The van der Waals surface area contributed by atoms with Crippen LogP contribution in [-0.4, -0.2) is 39.0 Å². The van der Waals surface area contributed by atoms with E-state index in [4.69, 9.17) is 16.1 Å². The molecular formula is C20H20ClN5O2. The molecule has 3 heterocycles. The summed E-state index contributed by atoms with van der Waals surface area (Å²) in [7, 11) is 0. The maximum absolute atomic E-state index is 12.4. The second-order valence-electron chi connectivity index (χ2n) is 6.80. The highest BCUT2D eigenvalue weighted by molar-refractivity contribution is 6.30. The number of rotatable bonds is 5. The van der Waals surface area contributed by atoms with Crippen LogP contribution in [0.3, 0.4) is 0 Å². The van der Waals surface area contributed by atoms with Crippen LogP contribution in [0, 0.1) is 5.92 Å². The van der Waals surface area contributed by atoms with E-state index in [0.29, 0.717) is 23.3 Å². The van der Waals surface area contributed by atoms with Crippen molar-refractivity contribution in [3.63, 3.8) is 0 Å². The monoisotopic (exact) mass is 397 g/mol. The normalized spacial score (nSPS) is 15.5. The van der Waals surface area contributed by atoms with Crippen LogP contribution in [0.15, 0.2) is 53.3 Å². The Morgan fingerprint density at radius 3 is 2.71 bits per heavy atom. The van der Waals surface area contributed by atoms with Gasteiger partial charge in [-0.3, -0.25) is 14.7 Å². The van der Waals surface area contributed by atoms with Gasteiger partial charge in [0, 0.05) is 22.7 Å². The van der Waals surface area contributed by atoms with Gasteiger partial charge in [0.15, 0.2) is 0 Å². The standard InChI is InChI=1S/C20H20ClN5O2/c21-16-5-3-14(4-6-16)19-24-18(28-25-19)13-26-10-7-15(8-11-26)20(27)23-17-2-1-9-22-12-17/h1-6,9,12,15H,7-8,10-11,13H2,(H,23,27). The van der Waals surface area contributed by atoms with Gasteiger partial charge in [-0.25, -0.2) is 0 Å². The van der Waals surface area contributed by atoms with Crippen molar-refractivity contribution >= 4 is 23.2 Å². The number of nitrogens with zero attached hydrogens (tertiary/aromatic N) is 4. The van der Waals surface area contributed by atoms with Gasteiger partial charge >= 0.3 is 0 Å². The fourth-order valence-corrected chi connectivity index (χ4v) is 3.39. The highest BCUT2D eigenvalue weighted by Gasteiger charge is 2.26.